The highest BCUT2D eigenvalue weighted by Crippen LogP contribution is 2.64. The topological polar surface area (TPSA) is 80.8 Å². The van der Waals surface area contributed by atoms with Crippen molar-refractivity contribution in [3.05, 3.63) is 0 Å². The number of rotatable bonds is 13. The molecule has 0 atom stereocenters. The second-order valence-corrected chi connectivity index (χ2v) is 10.6. The minimum absolute atomic E-state index is 0.265. The Bertz CT molecular complexity index is 1070. The molecule has 0 amide bonds. The van der Waals surface area contributed by atoms with E-state index in [9.17, 15) is 91.5 Å². The molecule has 230 valence electrons. The van der Waals surface area contributed by atoms with Crippen LogP contribution in [0.4, 0.5) is 74.6 Å². The van der Waals surface area contributed by atoms with Crippen LogP contribution in [0.3, 0.4) is 0 Å². The van der Waals surface area contributed by atoms with Gasteiger partial charge < -0.3 is 0 Å². The van der Waals surface area contributed by atoms with E-state index < -0.39 is 91.1 Å². The molecule has 25 heteroatoms. The number of nitrogens with zero attached hydrogens (tertiary/aromatic N) is 1. The van der Waals surface area contributed by atoms with Crippen molar-refractivity contribution in [2.24, 2.45) is 0 Å². The molecule has 0 saturated heterocycles. The van der Waals surface area contributed by atoms with Crippen LogP contribution in [0, 0.1) is 0 Å². The van der Waals surface area contributed by atoms with Gasteiger partial charge in [-0.15, -0.1) is 0 Å². The Kier molecular flexibility index (Phi) is 9.56. The van der Waals surface area contributed by atoms with E-state index in [2.05, 4.69) is 4.18 Å². The molecule has 0 saturated carbocycles. The van der Waals surface area contributed by atoms with Gasteiger partial charge in [-0.3, -0.25) is 4.18 Å². The second kappa shape index (κ2) is 9.92. The maximum Gasteiger partial charge on any atom is 0.460 e. The first kappa shape index (κ1) is 36.6. The van der Waals surface area contributed by atoms with Gasteiger partial charge in [-0.2, -0.15) is 87.4 Å². The predicted octanol–water partition coefficient (Wildman–Crippen LogP) is 4.58. The molecule has 6 nitrogen and oxygen atoms in total. The summed E-state index contributed by atoms with van der Waals surface area (Å²) in [6.45, 7) is -4.34. The van der Waals surface area contributed by atoms with Crippen LogP contribution in [0.5, 0.6) is 0 Å². The summed E-state index contributed by atoms with van der Waals surface area (Å²) < 4.78 is 274. The standard InChI is InChI=1S/C13H12F17NO5S2/c1-3-31(4-5-36-37(2,32)33)38(34,35)13(29,30)11(24,25)9(20,21)7(16,17)6(14,15)8(18,19)10(22,23)12(26,27)28/h3-5H2,1-2H3. The Balaban J connectivity index is 6.87. The Morgan fingerprint density at radius 3 is 1.18 bits per heavy atom. The van der Waals surface area contributed by atoms with E-state index >= 15 is 0 Å². The van der Waals surface area contributed by atoms with Crippen molar-refractivity contribution < 1.29 is 95.7 Å². The van der Waals surface area contributed by atoms with E-state index in [0.29, 0.717) is 6.92 Å². The molecule has 0 aliphatic rings. The first-order valence-corrected chi connectivity index (χ1v) is 12.0. The van der Waals surface area contributed by atoms with Crippen LogP contribution < -0.4 is 0 Å². The molecule has 0 aromatic carbocycles. The SMILES string of the molecule is CCN(CCOS(C)(=O)=O)S(=O)(=O)C(F)(F)C(F)(F)C(F)(F)C(F)(F)C(F)(F)C(F)(F)C(F)(F)C(F)(F)F. The number of hydrogen-bond donors (Lipinski definition) is 0. The lowest BCUT2D eigenvalue weighted by Crippen LogP contribution is -2.75. The summed E-state index contributed by atoms with van der Waals surface area (Å²) in [5.41, 5.74) is 0. The zero-order valence-corrected chi connectivity index (χ0v) is 19.5. The number of halogens is 17. The Hall–Kier alpha value is -1.37. The molecule has 0 aliphatic carbocycles. The van der Waals surface area contributed by atoms with Crippen LogP contribution in [-0.4, -0.2) is 94.1 Å². The quantitative estimate of drug-likeness (QED) is 0.216. The summed E-state index contributed by atoms with van der Waals surface area (Å²) >= 11 is 0. The molecular weight excluding hydrogens is 637 g/mol. The highest BCUT2D eigenvalue weighted by atomic mass is 32.2. The largest absolute Gasteiger partial charge is 0.460 e. The van der Waals surface area contributed by atoms with Crippen molar-refractivity contribution in [3.8, 4) is 0 Å². The molecule has 0 heterocycles. The smallest absolute Gasteiger partial charge is 0.269 e. The summed E-state index contributed by atoms with van der Waals surface area (Å²) in [4.78, 5) is 0. The minimum atomic E-state index is -8.93. The second-order valence-electron chi connectivity index (χ2n) is 6.98. The average Bonchev–Trinajstić information content (AvgIpc) is 2.68. The lowest BCUT2D eigenvalue weighted by molar-refractivity contribution is -0.458. The Labute approximate surface area is 200 Å². The average molecular weight is 649 g/mol. The van der Waals surface area contributed by atoms with Crippen LogP contribution in [0.15, 0.2) is 0 Å². The first-order valence-electron chi connectivity index (χ1n) is 8.72. The van der Waals surface area contributed by atoms with Gasteiger partial charge in [-0.1, -0.05) is 6.92 Å². The molecular formula is C13H12F17NO5S2. The third-order valence-electron chi connectivity index (χ3n) is 4.35. The van der Waals surface area contributed by atoms with Gasteiger partial charge in [-0.25, -0.2) is 8.42 Å². The van der Waals surface area contributed by atoms with E-state index in [1.807, 2.05) is 0 Å². The van der Waals surface area contributed by atoms with Crippen molar-refractivity contribution in [2.75, 3.05) is 26.0 Å². The van der Waals surface area contributed by atoms with Crippen LogP contribution in [0.2, 0.25) is 0 Å². The first-order chi connectivity index (χ1) is 16.2. The molecule has 0 unspecified atom stereocenters. The van der Waals surface area contributed by atoms with Gasteiger partial charge in [0.15, 0.2) is 0 Å². The summed E-state index contributed by atoms with van der Waals surface area (Å²) in [6.07, 6.45) is -7.65. The molecule has 0 rings (SSSR count). The summed E-state index contributed by atoms with van der Waals surface area (Å²) in [5.74, 6) is -52.1. The molecule has 0 radical (unpaired) electrons. The van der Waals surface area contributed by atoms with E-state index in [1.54, 1.807) is 0 Å². The monoisotopic (exact) mass is 649 g/mol. The molecule has 0 aromatic rings. The highest BCUT2D eigenvalue weighted by molar-refractivity contribution is 7.90. The zero-order chi connectivity index (χ0) is 31.4. The summed E-state index contributed by atoms with van der Waals surface area (Å²) in [7, 11) is -12.0. The van der Waals surface area contributed by atoms with Crippen molar-refractivity contribution in [1.82, 2.24) is 4.31 Å². The third kappa shape index (κ3) is 5.34. The predicted molar refractivity (Wildman–Crippen MR) is 87.6 cm³/mol. The van der Waals surface area contributed by atoms with Crippen molar-refractivity contribution in [3.63, 3.8) is 0 Å². The van der Waals surface area contributed by atoms with Gasteiger partial charge in [-0.05, 0) is 0 Å². The number of alkyl halides is 17. The van der Waals surface area contributed by atoms with E-state index in [1.165, 1.54) is 0 Å². The van der Waals surface area contributed by atoms with E-state index in [-0.39, 0.29) is 6.26 Å². The summed E-state index contributed by atoms with van der Waals surface area (Å²) in [5, 5.41) is -7.72. The Morgan fingerprint density at radius 2 is 0.895 bits per heavy atom. The molecule has 0 bridgehead atoms. The normalized spacial score (nSPS) is 16.3. The number of hydrogen-bond acceptors (Lipinski definition) is 5. The fraction of sp³-hybridized carbons (Fsp3) is 1.00. The van der Waals surface area contributed by atoms with E-state index in [0.717, 1.165) is 0 Å². The number of likely N-dealkylation sites (N-methyl/N-ethyl adjacent to an activating group) is 1. The van der Waals surface area contributed by atoms with Crippen molar-refractivity contribution in [1.29, 1.82) is 0 Å². The van der Waals surface area contributed by atoms with Crippen LogP contribution in [0.25, 0.3) is 0 Å². The van der Waals surface area contributed by atoms with Gasteiger partial charge >= 0.3 is 47.0 Å². The van der Waals surface area contributed by atoms with Crippen molar-refractivity contribution in [2.45, 2.75) is 53.9 Å². The lowest BCUT2D eigenvalue weighted by atomic mass is 9.91. The van der Waals surface area contributed by atoms with Crippen LogP contribution >= 0.6 is 0 Å². The highest BCUT2D eigenvalue weighted by Gasteiger charge is 2.96. The molecule has 38 heavy (non-hydrogen) atoms. The lowest BCUT2D eigenvalue weighted by Gasteiger charge is -2.43. The van der Waals surface area contributed by atoms with Crippen LogP contribution in [-0.2, 0) is 24.3 Å². The third-order valence-corrected chi connectivity index (χ3v) is 6.97. The van der Waals surface area contributed by atoms with Gasteiger partial charge in [0.2, 0.25) is 0 Å². The minimum Gasteiger partial charge on any atom is -0.269 e. The maximum absolute atomic E-state index is 14.1. The molecule has 0 N–H and O–H groups in total. The molecule has 0 fully saturated rings. The molecule has 0 aliphatic heterocycles. The van der Waals surface area contributed by atoms with Crippen molar-refractivity contribution >= 4 is 20.1 Å². The fourth-order valence-corrected chi connectivity index (χ4v) is 4.02. The number of sulfonamides is 1. The zero-order valence-electron chi connectivity index (χ0n) is 17.9. The van der Waals surface area contributed by atoms with Crippen LogP contribution in [0.1, 0.15) is 6.92 Å². The van der Waals surface area contributed by atoms with Gasteiger partial charge in [0.25, 0.3) is 20.1 Å². The fourth-order valence-electron chi connectivity index (χ4n) is 2.21. The summed E-state index contributed by atoms with van der Waals surface area (Å²) in [6, 6.07) is 0. The van der Waals surface area contributed by atoms with Gasteiger partial charge in [0.05, 0.1) is 12.9 Å². The Morgan fingerprint density at radius 1 is 0.579 bits per heavy atom. The van der Waals surface area contributed by atoms with Gasteiger partial charge in [0.1, 0.15) is 0 Å². The molecule has 0 aromatic heterocycles. The maximum atomic E-state index is 14.1. The van der Waals surface area contributed by atoms with Gasteiger partial charge in [0, 0.05) is 13.1 Å². The molecule has 0 spiro atoms. The van der Waals surface area contributed by atoms with E-state index in [4.69, 9.17) is 0 Å².